The first-order chi connectivity index (χ1) is 15.8. The molecule has 0 aliphatic carbocycles. The number of phenols is 1. The molecular formula is C26H37N3O4. The van der Waals surface area contributed by atoms with Gasteiger partial charge in [-0.15, -0.1) is 0 Å². The van der Waals surface area contributed by atoms with Crippen LogP contribution in [-0.2, 0) is 22.4 Å². The second-order valence-electron chi connectivity index (χ2n) is 9.35. The van der Waals surface area contributed by atoms with Crippen LogP contribution < -0.4 is 10.6 Å². The molecule has 0 aromatic heterocycles. The van der Waals surface area contributed by atoms with Crippen molar-refractivity contribution in [3.05, 3.63) is 65.2 Å². The van der Waals surface area contributed by atoms with Crippen molar-refractivity contribution in [2.24, 2.45) is 0 Å². The van der Waals surface area contributed by atoms with E-state index in [2.05, 4.69) is 41.5 Å². The highest BCUT2D eigenvalue weighted by molar-refractivity contribution is 5.78. The third-order valence-electron chi connectivity index (χ3n) is 5.91. The first kappa shape index (κ1) is 25.2. The predicted octanol–water partition coefficient (Wildman–Crippen LogP) is 2.03. The Morgan fingerprint density at radius 2 is 1.82 bits per heavy atom. The van der Waals surface area contributed by atoms with E-state index < -0.39 is 6.10 Å². The van der Waals surface area contributed by atoms with Gasteiger partial charge >= 0.3 is 0 Å². The third-order valence-corrected chi connectivity index (χ3v) is 5.91. The van der Waals surface area contributed by atoms with Gasteiger partial charge in [0.05, 0.1) is 25.7 Å². The van der Waals surface area contributed by atoms with Crippen molar-refractivity contribution in [3.8, 4) is 5.75 Å². The van der Waals surface area contributed by atoms with Crippen LogP contribution >= 0.6 is 0 Å². The summed E-state index contributed by atoms with van der Waals surface area (Å²) in [7, 11) is 0. The summed E-state index contributed by atoms with van der Waals surface area (Å²) in [5.41, 5.74) is 2.66. The number of hydrogen-bond acceptors (Lipinski definition) is 6. The summed E-state index contributed by atoms with van der Waals surface area (Å²) in [5, 5.41) is 26.3. The van der Waals surface area contributed by atoms with E-state index in [9.17, 15) is 15.0 Å². The first-order valence-electron chi connectivity index (χ1n) is 11.7. The van der Waals surface area contributed by atoms with E-state index in [1.807, 2.05) is 12.1 Å². The number of phenolic OH excluding ortho intramolecular Hbond substituents is 1. The summed E-state index contributed by atoms with van der Waals surface area (Å²) in [4.78, 5) is 14.7. The van der Waals surface area contributed by atoms with Crippen LogP contribution in [0, 0.1) is 0 Å². The van der Waals surface area contributed by atoms with Gasteiger partial charge in [-0.3, -0.25) is 9.69 Å². The topological polar surface area (TPSA) is 94.1 Å². The molecule has 1 aliphatic rings. The molecule has 1 saturated heterocycles. The Balaban J connectivity index is 1.44. The number of β-amino-alcohol motifs (C(OH)–C–C–N with tert-alkyl or cyclic N) is 1. The molecule has 7 heteroatoms. The fourth-order valence-corrected chi connectivity index (χ4v) is 4.04. The van der Waals surface area contributed by atoms with Crippen LogP contribution in [0.2, 0.25) is 0 Å². The smallest absolute Gasteiger partial charge is 0.224 e. The highest BCUT2D eigenvalue weighted by Crippen LogP contribution is 2.19. The Labute approximate surface area is 196 Å². The fraction of sp³-hybridized carbons (Fsp3) is 0.500. The van der Waals surface area contributed by atoms with E-state index in [0.29, 0.717) is 19.5 Å². The fourth-order valence-electron chi connectivity index (χ4n) is 4.04. The maximum atomic E-state index is 12.4. The molecule has 1 heterocycles. The minimum atomic E-state index is -0.655. The molecule has 4 N–H and O–H groups in total. The largest absolute Gasteiger partial charge is 0.508 e. The molecule has 7 nitrogen and oxygen atoms in total. The number of carbonyl (C=O) groups is 1. The molecule has 0 saturated carbocycles. The average Bonchev–Trinajstić information content (AvgIpc) is 2.79. The standard InChI is InChI=1S/C26H37N3O4/c1-26(2,28-19-24(31)22-6-8-23(30)9-7-22)18-21-5-3-4-20(16-21)17-25(32)27-10-11-29-12-14-33-15-13-29/h3-9,16,24,28,30-31H,10-15,17-19H2,1-2H3,(H,27,32). The Morgan fingerprint density at radius 3 is 2.55 bits per heavy atom. The number of amides is 1. The second kappa shape index (κ2) is 12.1. The zero-order valence-corrected chi connectivity index (χ0v) is 19.7. The zero-order chi connectivity index (χ0) is 23.7. The lowest BCUT2D eigenvalue weighted by Crippen LogP contribution is -2.43. The number of carbonyl (C=O) groups excluding carboxylic acids is 1. The van der Waals surface area contributed by atoms with Gasteiger partial charge in [0.2, 0.25) is 5.91 Å². The van der Waals surface area contributed by atoms with E-state index in [1.165, 1.54) is 0 Å². The predicted molar refractivity (Wildman–Crippen MR) is 129 cm³/mol. The summed E-state index contributed by atoms with van der Waals surface area (Å²) in [5.74, 6) is 0.222. The van der Waals surface area contributed by atoms with Gasteiger partial charge in [0.25, 0.3) is 0 Å². The number of hydrogen-bond donors (Lipinski definition) is 4. The number of nitrogens with zero attached hydrogens (tertiary/aromatic N) is 1. The molecule has 2 aromatic carbocycles. The number of rotatable bonds is 11. The van der Waals surface area contributed by atoms with Crippen LogP contribution in [0.5, 0.6) is 5.75 Å². The van der Waals surface area contributed by atoms with E-state index >= 15 is 0 Å². The van der Waals surface area contributed by atoms with Gasteiger partial charge in [-0.05, 0) is 49.1 Å². The Bertz CT molecular complexity index is 879. The number of ether oxygens (including phenoxy) is 1. The van der Waals surface area contributed by atoms with Crippen LogP contribution in [0.15, 0.2) is 48.5 Å². The quantitative estimate of drug-likeness (QED) is 0.414. The van der Waals surface area contributed by atoms with E-state index in [1.54, 1.807) is 24.3 Å². The van der Waals surface area contributed by atoms with E-state index in [-0.39, 0.29) is 17.2 Å². The van der Waals surface area contributed by atoms with Gasteiger partial charge in [0.1, 0.15) is 5.75 Å². The van der Waals surface area contributed by atoms with Crippen LogP contribution in [0.25, 0.3) is 0 Å². The van der Waals surface area contributed by atoms with Gasteiger partial charge in [-0.2, -0.15) is 0 Å². The van der Waals surface area contributed by atoms with Crippen molar-refractivity contribution in [1.29, 1.82) is 0 Å². The van der Waals surface area contributed by atoms with Crippen LogP contribution in [0.4, 0.5) is 0 Å². The Hall–Kier alpha value is -2.45. The van der Waals surface area contributed by atoms with Crippen LogP contribution in [0.3, 0.4) is 0 Å². The summed E-state index contributed by atoms with van der Waals surface area (Å²) >= 11 is 0. The number of aliphatic hydroxyl groups excluding tert-OH is 1. The molecule has 2 aromatic rings. The highest BCUT2D eigenvalue weighted by atomic mass is 16.5. The Kier molecular flexibility index (Phi) is 9.26. The number of nitrogens with one attached hydrogen (secondary N) is 2. The lowest BCUT2D eigenvalue weighted by molar-refractivity contribution is -0.120. The molecule has 1 amide bonds. The average molecular weight is 456 g/mol. The molecule has 33 heavy (non-hydrogen) atoms. The molecule has 0 spiro atoms. The molecule has 1 unspecified atom stereocenters. The Morgan fingerprint density at radius 1 is 1.12 bits per heavy atom. The van der Waals surface area contributed by atoms with Gasteiger partial charge in [0.15, 0.2) is 0 Å². The summed E-state index contributed by atoms with van der Waals surface area (Å²) in [6, 6.07) is 14.7. The first-order valence-corrected chi connectivity index (χ1v) is 11.7. The van der Waals surface area contributed by atoms with Crippen molar-refractivity contribution in [2.75, 3.05) is 45.9 Å². The maximum absolute atomic E-state index is 12.4. The van der Waals surface area contributed by atoms with E-state index in [0.717, 1.165) is 56.0 Å². The normalized spacial score (nSPS) is 15.8. The summed E-state index contributed by atoms with van der Waals surface area (Å²) < 4.78 is 5.35. The molecule has 1 fully saturated rings. The lowest BCUT2D eigenvalue weighted by atomic mass is 9.93. The van der Waals surface area contributed by atoms with Crippen molar-refractivity contribution in [1.82, 2.24) is 15.5 Å². The van der Waals surface area contributed by atoms with Gasteiger partial charge in [-0.25, -0.2) is 0 Å². The molecular weight excluding hydrogens is 418 g/mol. The lowest BCUT2D eigenvalue weighted by Gasteiger charge is -2.28. The van der Waals surface area contributed by atoms with Crippen molar-refractivity contribution >= 4 is 5.91 Å². The SMILES string of the molecule is CC(C)(Cc1cccc(CC(=O)NCCN2CCOCC2)c1)NCC(O)c1ccc(O)cc1. The highest BCUT2D eigenvalue weighted by Gasteiger charge is 2.20. The maximum Gasteiger partial charge on any atom is 0.224 e. The number of aromatic hydroxyl groups is 1. The summed E-state index contributed by atoms with van der Waals surface area (Å²) in [6.45, 7) is 9.49. The number of morpholine rings is 1. The van der Waals surface area contributed by atoms with Crippen molar-refractivity contribution < 1.29 is 19.7 Å². The number of benzene rings is 2. The van der Waals surface area contributed by atoms with Crippen molar-refractivity contribution in [2.45, 2.75) is 38.3 Å². The third kappa shape index (κ3) is 8.78. The van der Waals surface area contributed by atoms with Gasteiger partial charge < -0.3 is 25.6 Å². The van der Waals surface area contributed by atoms with Gasteiger partial charge in [-0.1, -0.05) is 36.4 Å². The molecule has 1 aliphatic heterocycles. The van der Waals surface area contributed by atoms with Crippen LogP contribution in [0.1, 0.15) is 36.6 Å². The molecule has 0 radical (unpaired) electrons. The minimum Gasteiger partial charge on any atom is -0.508 e. The number of aliphatic hydroxyl groups is 1. The van der Waals surface area contributed by atoms with E-state index in [4.69, 9.17) is 4.74 Å². The minimum absolute atomic E-state index is 0.0369. The monoisotopic (exact) mass is 455 g/mol. The molecule has 3 rings (SSSR count). The summed E-state index contributed by atoms with van der Waals surface area (Å²) in [6.07, 6.45) is 0.476. The second-order valence-corrected chi connectivity index (χ2v) is 9.35. The van der Waals surface area contributed by atoms with Gasteiger partial charge in [0, 0.05) is 38.3 Å². The molecule has 180 valence electrons. The molecule has 0 bridgehead atoms. The zero-order valence-electron chi connectivity index (χ0n) is 19.7. The molecule has 1 atom stereocenters. The van der Waals surface area contributed by atoms with Crippen LogP contribution in [-0.4, -0.2) is 72.5 Å². The van der Waals surface area contributed by atoms with Crippen molar-refractivity contribution in [3.63, 3.8) is 0 Å².